The van der Waals surface area contributed by atoms with Gasteiger partial charge in [-0.2, -0.15) is 0 Å². The first-order valence-electron chi connectivity index (χ1n) is 8.28. The van der Waals surface area contributed by atoms with Gasteiger partial charge in [-0.1, -0.05) is 15.9 Å². The SMILES string of the molecule is CCOc1cc(Br)c(/C=C2\C(=O)NC(=O)N(c3ccncc3)C2=O)cc1OC. The van der Waals surface area contributed by atoms with Crippen molar-refractivity contribution in [3.63, 3.8) is 0 Å². The van der Waals surface area contributed by atoms with E-state index in [2.05, 4.69) is 26.2 Å². The van der Waals surface area contributed by atoms with Gasteiger partial charge in [0.2, 0.25) is 0 Å². The van der Waals surface area contributed by atoms with E-state index in [0.717, 1.165) is 4.90 Å². The van der Waals surface area contributed by atoms with Gasteiger partial charge in [-0.15, -0.1) is 0 Å². The quantitative estimate of drug-likeness (QED) is 0.561. The molecule has 0 radical (unpaired) electrons. The number of nitrogens with one attached hydrogen (secondary N) is 1. The third-order valence-corrected chi connectivity index (χ3v) is 4.59. The highest BCUT2D eigenvalue weighted by Gasteiger charge is 2.36. The van der Waals surface area contributed by atoms with Crippen molar-refractivity contribution in [1.82, 2.24) is 10.3 Å². The molecule has 1 N–H and O–H groups in total. The van der Waals surface area contributed by atoms with Crippen molar-refractivity contribution in [3.8, 4) is 11.5 Å². The van der Waals surface area contributed by atoms with Crippen molar-refractivity contribution < 1.29 is 23.9 Å². The molecule has 0 atom stereocenters. The summed E-state index contributed by atoms with van der Waals surface area (Å²) in [4.78, 5) is 42.1. The number of urea groups is 1. The fraction of sp³-hybridized carbons (Fsp3) is 0.158. The number of imide groups is 2. The van der Waals surface area contributed by atoms with Crippen LogP contribution >= 0.6 is 15.9 Å². The summed E-state index contributed by atoms with van der Waals surface area (Å²) >= 11 is 3.41. The fourth-order valence-corrected chi connectivity index (χ4v) is 3.07. The maximum absolute atomic E-state index is 12.9. The molecule has 0 bridgehead atoms. The Bertz CT molecular complexity index is 975. The number of anilines is 1. The molecule has 144 valence electrons. The van der Waals surface area contributed by atoms with Crippen molar-refractivity contribution in [1.29, 1.82) is 0 Å². The van der Waals surface area contributed by atoms with Crippen molar-refractivity contribution in [2.24, 2.45) is 0 Å². The Morgan fingerprint density at radius 2 is 1.89 bits per heavy atom. The number of methoxy groups -OCH3 is 1. The van der Waals surface area contributed by atoms with Crippen molar-refractivity contribution in [2.75, 3.05) is 18.6 Å². The molecule has 3 rings (SSSR count). The highest BCUT2D eigenvalue weighted by molar-refractivity contribution is 9.10. The normalized spacial score (nSPS) is 15.6. The molecule has 0 saturated carbocycles. The monoisotopic (exact) mass is 445 g/mol. The van der Waals surface area contributed by atoms with Gasteiger partial charge in [0, 0.05) is 16.9 Å². The van der Waals surface area contributed by atoms with Crippen LogP contribution in [0.15, 0.2) is 46.7 Å². The van der Waals surface area contributed by atoms with Gasteiger partial charge < -0.3 is 9.47 Å². The third-order valence-electron chi connectivity index (χ3n) is 3.91. The van der Waals surface area contributed by atoms with Gasteiger partial charge in [0.25, 0.3) is 11.8 Å². The van der Waals surface area contributed by atoms with E-state index in [4.69, 9.17) is 9.47 Å². The zero-order chi connectivity index (χ0) is 20.3. The minimum Gasteiger partial charge on any atom is -0.493 e. The summed E-state index contributed by atoms with van der Waals surface area (Å²) in [6.07, 6.45) is 4.29. The van der Waals surface area contributed by atoms with Gasteiger partial charge in [-0.3, -0.25) is 19.9 Å². The number of halogens is 1. The van der Waals surface area contributed by atoms with Crippen LogP contribution in [-0.2, 0) is 9.59 Å². The highest BCUT2D eigenvalue weighted by Crippen LogP contribution is 2.35. The van der Waals surface area contributed by atoms with Gasteiger partial charge in [0.15, 0.2) is 11.5 Å². The summed E-state index contributed by atoms with van der Waals surface area (Å²) in [5.41, 5.74) is 0.630. The van der Waals surface area contributed by atoms with Gasteiger partial charge in [0.05, 0.1) is 19.4 Å². The number of pyridine rings is 1. The molecular weight excluding hydrogens is 430 g/mol. The number of nitrogens with zero attached hydrogens (tertiary/aromatic N) is 2. The Morgan fingerprint density at radius 3 is 2.54 bits per heavy atom. The maximum Gasteiger partial charge on any atom is 0.335 e. The van der Waals surface area contributed by atoms with Crippen LogP contribution in [0.1, 0.15) is 12.5 Å². The van der Waals surface area contributed by atoms with Gasteiger partial charge >= 0.3 is 6.03 Å². The van der Waals surface area contributed by atoms with E-state index in [-0.39, 0.29) is 5.57 Å². The Kier molecular flexibility index (Phi) is 5.74. The summed E-state index contributed by atoms with van der Waals surface area (Å²) in [6, 6.07) is 5.50. The molecule has 1 saturated heterocycles. The molecule has 28 heavy (non-hydrogen) atoms. The van der Waals surface area contributed by atoms with E-state index in [1.807, 2.05) is 6.92 Å². The summed E-state index contributed by atoms with van der Waals surface area (Å²) in [5.74, 6) is -0.547. The first kappa shape index (κ1) is 19.6. The summed E-state index contributed by atoms with van der Waals surface area (Å²) < 4.78 is 11.4. The van der Waals surface area contributed by atoms with Crippen molar-refractivity contribution >= 4 is 45.5 Å². The number of carbonyl (C=O) groups excluding carboxylic acids is 3. The number of amides is 4. The molecule has 0 spiro atoms. The molecule has 2 aromatic rings. The van der Waals surface area contributed by atoms with Crippen molar-refractivity contribution in [2.45, 2.75) is 6.92 Å². The number of barbiturate groups is 1. The van der Waals surface area contributed by atoms with E-state index in [1.165, 1.54) is 37.7 Å². The first-order valence-corrected chi connectivity index (χ1v) is 9.07. The molecule has 0 aliphatic carbocycles. The Labute approximate surface area is 169 Å². The standard InChI is InChI=1S/C19H16BrN3O5/c1-3-28-16-10-14(20)11(9-15(16)27-2)8-13-17(24)22-19(26)23(18(13)25)12-4-6-21-7-5-12/h4-10H,3H2,1-2H3,(H,22,24,26)/b13-8+. The number of benzene rings is 1. The predicted molar refractivity (Wildman–Crippen MR) is 105 cm³/mol. The number of rotatable bonds is 5. The number of ether oxygens (including phenoxy) is 2. The Balaban J connectivity index is 2.04. The van der Waals surface area contributed by atoms with Crippen LogP contribution in [0.5, 0.6) is 11.5 Å². The lowest BCUT2D eigenvalue weighted by atomic mass is 10.1. The largest absolute Gasteiger partial charge is 0.493 e. The molecule has 1 aliphatic heterocycles. The second-order valence-corrected chi connectivity index (χ2v) is 6.48. The summed E-state index contributed by atoms with van der Waals surface area (Å²) in [6.45, 7) is 2.30. The molecular formula is C19H16BrN3O5. The van der Waals surface area contributed by atoms with E-state index in [0.29, 0.717) is 33.8 Å². The summed E-state index contributed by atoms with van der Waals surface area (Å²) in [5, 5.41) is 2.18. The highest BCUT2D eigenvalue weighted by atomic mass is 79.9. The smallest absolute Gasteiger partial charge is 0.335 e. The Morgan fingerprint density at radius 1 is 1.18 bits per heavy atom. The lowest BCUT2D eigenvalue weighted by Gasteiger charge is -2.26. The minimum absolute atomic E-state index is 0.191. The molecule has 1 aromatic carbocycles. The van der Waals surface area contributed by atoms with Crippen LogP contribution in [0.2, 0.25) is 0 Å². The lowest BCUT2D eigenvalue weighted by molar-refractivity contribution is -0.122. The van der Waals surface area contributed by atoms with E-state index >= 15 is 0 Å². The molecule has 1 aromatic heterocycles. The first-order chi connectivity index (χ1) is 13.5. The molecule has 2 heterocycles. The van der Waals surface area contributed by atoms with Gasteiger partial charge in [0.1, 0.15) is 5.57 Å². The second kappa shape index (κ2) is 8.22. The van der Waals surface area contributed by atoms with Crippen LogP contribution in [0, 0.1) is 0 Å². The van der Waals surface area contributed by atoms with E-state index in [9.17, 15) is 14.4 Å². The van der Waals surface area contributed by atoms with Crippen LogP contribution in [-0.4, -0.2) is 36.5 Å². The number of hydrogen-bond donors (Lipinski definition) is 1. The second-order valence-electron chi connectivity index (χ2n) is 5.62. The van der Waals surface area contributed by atoms with Crippen LogP contribution in [0.4, 0.5) is 10.5 Å². The van der Waals surface area contributed by atoms with Crippen LogP contribution in [0.3, 0.4) is 0 Å². The van der Waals surface area contributed by atoms with Gasteiger partial charge in [-0.25, -0.2) is 9.69 Å². The van der Waals surface area contributed by atoms with E-state index in [1.54, 1.807) is 12.1 Å². The van der Waals surface area contributed by atoms with Gasteiger partial charge in [-0.05, 0) is 42.8 Å². The molecule has 1 fully saturated rings. The fourth-order valence-electron chi connectivity index (χ4n) is 2.63. The van der Waals surface area contributed by atoms with Crippen LogP contribution < -0.4 is 19.7 Å². The topological polar surface area (TPSA) is 97.8 Å². The zero-order valence-electron chi connectivity index (χ0n) is 15.1. The molecule has 1 aliphatic rings. The average molecular weight is 446 g/mol. The summed E-state index contributed by atoms with van der Waals surface area (Å²) in [7, 11) is 1.49. The number of carbonyl (C=O) groups is 3. The van der Waals surface area contributed by atoms with E-state index < -0.39 is 17.8 Å². The predicted octanol–water partition coefficient (Wildman–Crippen LogP) is 2.92. The number of hydrogen-bond acceptors (Lipinski definition) is 6. The lowest BCUT2D eigenvalue weighted by Crippen LogP contribution is -2.54. The zero-order valence-corrected chi connectivity index (χ0v) is 16.6. The van der Waals surface area contributed by atoms with Crippen molar-refractivity contribution in [3.05, 3.63) is 52.3 Å². The maximum atomic E-state index is 12.9. The Hall–Kier alpha value is -3.20. The molecule has 8 nitrogen and oxygen atoms in total. The number of aromatic nitrogens is 1. The molecule has 9 heteroatoms. The molecule has 0 unspecified atom stereocenters. The minimum atomic E-state index is -0.818. The average Bonchev–Trinajstić information content (AvgIpc) is 2.67. The third kappa shape index (κ3) is 3.74. The molecule has 4 amide bonds. The van der Waals surface area contributed by atoms with Crippen LogP contribution in [0.25, 0.3) is 6.08 Å².